The molecule has 0 unspecified atom stereocenters. The van der Waals surface area contributed by atoms with Crippen LogP contribution in [0.4, 0.5) is 0 Å². The van der Waals surface area contributed by atoms with Crippen molar-refractivity contribution in [1.82, 2.24) is 9.96 Å². The highest BCUT2D eigenvalue weighted by Gasteiger charge is 2.33. The summed E-state index contributed by atoms with van der Waals surface area (Å²) in [6.07, 6.45) is 0.190. The van der Waals surface area contributed by atoms with Crippen LogP contribution in [0.25, 0.3) is 0 Å². The summed E-state index contributed by atoms with van der Waals surface area (Å²) in [5.74, 6) is -1.60. The lowest BCUT2D eigenvalue weighted by molar-refractivity contribution is -0.198. The summed E-state index contributed by atoms with van der Waals surface area (Å²) in [5, 5.41) is 0.545. The van der Waals surface area contributed by atoms with Gasteiger partial charge in [0.1, 0.15) is 0 Å². The molecule has 0 aromatic carbocycles. The van der Waals surface area contributed by atoms with Crippen LogP contribution in [0.15, 0.2) is 0 Å². The number of carbonyl (C=O) groups is 3. The average Bonchev–Trinajstić information content (AvgIpc) is 2.46. The Labute approximate surface area is 106 Å². The molecule has 1 fully saturated rings. The van der Waals surface area contributed by atoms with Crippen molar-refractivity contribution >= 4 is 17.8 Å². The van der Waals surface area contributed by atoms with E-state index in [0.717, 1.165) is 0 Å². The molecular formula is C11H19N3O4. The van der Waals surface area contributed by atoms with Gasteiger partial charge in [0.25, 0.3) is 11.8 Å². The summed E-state index contributed by atoms with van der Waals surface area (Å²) in [6.45, 7) is 4.13. The predicted molar refractivity (Wildman–Crippen MR) is 62.9 cm³/mol. The second-order valence-electron chi connectivity index (χ2n) is 5.21. The molecule has 1 aliphatic heterocycles. The van der Waals surface area contributed by atoms with Crippen LogP contribution in [0, 0.1) is 0 Å². The van der Waals surface area contributed by atoms with Crippen LogP contribution in [-0.4, -0.2) is 53.4 Å². The third-order valence-electron chi connectivity index (χ3n) is 2.28. The maximum absolute atomic E-state index is 11.5. The summed E-state index contributed by atoms with van der Waals surface area (Å²) >= 11 is 0. The van der Waals surface area contributed by atoms with E-state index in [4.69, 9.17) is 10.6 Å². The minimum Gasteiger partial charge on any atom is -0.329 e. The molecule has 0 saturated carbocycles. The fraction of sp³-hybridized carbons (Fsp3) is 0.727. The number of imide groups is 1. The van der Waals surface area contributed by atoms with Gasteiger partial charge >= 0.3 is 5.97 Å². The van der Waals surface area contributed by atoms with E-state index >= 15 is 0 Å². The lowest BCUT2D eigenvalue weighted by Crippen LogP contribution is -2.46. The molecule has 0 spiro atoms. The zero-order chi connectivity index (χ0) is 13.9. The zero-order valence-electron chi connectivity index (χ0n) is 10.9. The molecule has 1 heterocycles. The zero-order valence-corrected chi connectivity index (χ0v) is 10.9. The molecule has 18 heavy (non-hydrogen) atoms. The highest BCUT2D eigenvalue weighted by atomic mass is 16.7. The SMILES string of the molecule is CN(CC(=O)ON1C(=O)CCC1=O)CC(C)(C)N. The van der Waals surface area contributed by atoms with Crippen LogP contribution in [0.3, 0.4) is 0 Å². The van der Waals surface area contributed by atoms with Gasteiger partial charge < -0.3 is 10.6 Å². The largest absolute Gasteiger partial charge is 0.347 e. The van der Waals surface area contributed by atoms with Gasteiger partial charge in [0.05, 0.1) is 6.54 Å². The molecule has 0 bridgehead atoms. The van der Waals surface area contributed by atoms with Crippen molar-refractivity contribution in [3.05, 3.63) is 0 Å². The monoisotopic (exact) mass is 257 g/mol. The first-order chi connectivity index (χ1) is 8.19. The quantitative estimate of drug-likeness (QED) is 0.652. The lowest BCUT2D eigenvalue weighted by atomic mass is 10.1. The molecule has 7 heteroatoms. The van der Waals surface area contributed by atoms with Gasteiger partial charge in [0.2, 0.25) is 0 Å². The molecule has 2 amide bonds. The summed E-state index contributed by atoms with van der Waals surface area (Å²) in [5.41, 5.74) is 5.37. The first-order valence-corrected chi connectivity index (χ1v) is 5.73. The number of likely N-dealkylation sites (N-methyl/N-ethyl adjacent to an activating group) is 1. The van der Waals surface area contributed by atoms with E-state index in [-0.39, 0.29) is 19.4 Å². The molecule has 0 aromatic rings. The molecule has 1 aliphatic rings. The Morgan fingerprint density at radius 1 is 1.39 bits per heavy atom. The Balaban J connectivity index is 2.42. The van der Waals surface area contributed by atoms with Gasteiger partial charge in [0, 0.05) is 24.9 Å². The first-order valence-electron chi connectivity index (χ1n) is 5.73. The number of nitrogens with two attached hydrogens (primary N) is 1. The molecule has 7 nitrogen and oxygen atoms in total. The van der Waals surface area contributed by atoms with Crippen LogP contribution < -0.4 is 5.73 Å². The van der Waals surface area contributed by atoms with Gasteiger partial charge in [-0.05, 0) is 20.9 Å². The highest BCUT2D eigenvalue weighted by molar-refractivity contribution is 6.01. The van der Waals surface area contributed by atoms with Crippen molar-refractivity contribution in [2.75, 3.05) is 20.1 Å². The van der Waals surface area contributed by atoms with Gasteiger partial charge in [-0.2, -0.15) is 0 Å². The number of amides is 2. The van der Waals surface area contributed by atoms with Gasteiger partial charge in [-0.15, -0.1) is 5.06 Å². The summed E-state index contributed by atoms with van der Waals surface area (Å²) in [6, 6.07) is 0. The Bertz CT molecular complexity index is 346. The third-order valence-corrected chi connectivity index (χ3v) is 2.28. The number of nitrogens with zero attached hydrogens (tertiary/aromatic N) is 2. The minimum atomic E-state index is -0.648. The Kier molecular flexibility index (Phi) is 4.42. The molecule has 0 atom stereocenters. The maximum Gasteiger partial charge on any atom is 0.347 e. The molecule has 1 saturated heterocycles. The minimum absolute atomic E-state index is 0.0301. The highest BCUT2D eigenvalue weighted by Crippen LogP contribution is 2.12. The third kappa shape index (κ3) is 4.42. The molecule has 0 aliphatic carbocycles. The second kappa shape index (κ2) is 5.45. The molecule has 0 aromatic heterocycles. The Morgan fingerprint density at radius 3 is 2.33 bits per heavy atom. The Hall–Kier alpha value is -1.47. The average molecular weight is 257 g/mol. The van der Waals surface area contributed by atoms with E-state index in [1.54, 1.807) is 11.9 Å². The van der Waals surface area contributed by atoms with Crippen LogP contribution in [0.2, 0.25) is 0 Å². The van der Waals surface area contributed by atoms with Gasteiger partial charge in [-0.3, -0.25) is 14.5 Å². The first kappa shape index (κ1) is 14.6. The molecular weight excluding hydrogens is 238 g/mol. The van der Waals surface area contributed by atoms with E-state index in [9.17, 15) is 14.4 Å². The van der Waals surface area contributed by atoms with E-state index in [1.165, 1.54) is 0 Å². The molecule has 2 N–H and O–H groups in total. The lowest BCUT2D eigenvalue weighted by Gasteiger charge is -2.25. The normalized spacial score (nSPS) is 16.6. The van der Waals surface area contributed by atoms with Gasteiger partial charge in [-0.1, -0.05) is 0 Å². The summed E-state index contributed by atoms with van der Waals surface area (Å²) in [7, 11) is 1.71. The maximum atomic E-state index is 11.5. The topological polar surface area (TPSA) is 92.9 Å². The number of carbonyl (C=O) groups excluding carboxylic acids is 3. The molecule has 0 radical (unpaired) electrons. The summed E-state index contributed by atoms with van der Waals surface area (Å²) < 4.78 is 0. The van der Waals surface area contributed by atoms with Gasteiger partial charge in [0.15, 0.2) is 0 Å². The van der Waals surface area contributed by atoms with Crippen LogP contribution in [0.1, 0.15) is 26.7 Å². The second-order valence-corrected chi connectivity index (χ2v) is 5.21. The van der Waals surface area contributed by atoms with Crippen LogP contribution in [0.5, 0.6) is 0 Å². The van der Waals surface area contributed by atoms with Crippen LogP contribution in [-0.2, 0) is 19.2 Å². The molecule has 1 rings (SSSR count). The Morgan fingerprint density at radius 2 is 1.89 bits per heavy atom. The van der Waals surface area contributed by atoms with E-state index < -0.39 is 23.3 Å². The van der Waals surface area contributed by atoms with E-state index in [2.05, 4.69) is 0 Å². The van der Waals surface area contributed by atoms with Crippen molar-refractivity contribution in [3.8, 4) is 0 Å². The number of hydroxylamine groups is 2. The van der Waals surface area contributed by atoms with Crippen LogP contribution >= 0.6 is 0 Å². The predicted octanol–water partition coefficient (Wildman–Crippen LogP) is -0.737. The number of rotatable bonds is 5. The summed E-state index contributed by atoms with van der Waals surface area (Å²) in [4.78, 5) is 40.4. The van der Waals surface area contributed by atoms with E-state index in [1.807, 2.05) is 13.8 Å². The van der Waals surface area contributed by atoms with Crippen molar-refractivity contribution in [2.45, 2.75) is 32.2 Å². The smallest absolute Gasteiger partial charge is 0.329 e. The fourth-order valence-electron chi connectivity index (χ4n) is 1.76. The number of hydrogen-bond acceptors (Lipinski definition) is 6. The standard InChI is InChI=1S/C11H19N3O4/c1-11(2,12)7-13(3)6-10(17)18-14-8(15)4-5-9(14)16/h4-7,12H2,1-3H3. The number of hydrogen-bond donors (Lipinski definition) is 1. The van der Waals surface area contributed by atoms with Crippen molar-refractivity contribution in [1.29, 1.82) is 0 Å². The van der Waals surface area contributed by atoms with Crippen molar-refractivity contribution in [2.24, 2.45) is 5.73 Å². The van der Waals surface area contributed by atoms with Crippen molar-refractivity contribution in [3.63, 3.8) is 0 Å². The van der Waals surface area contributed by atoms with E-state index in [0.29, 0.717) is 11.6 Å². The van der Waals surface area contributed by atoms with Gasteiger partial charge in [-0.25, -0.2) is 4.79 Å². The van der Waals surface area contributed by atoms with Crippen molar-refractivity contribution < 1.29 is 19.2 Å². The molecule has 102 valence electrons. The fourth-order valence-corrected chi connectivity index (χ4v) is 1.76.